The van der Waals surface area contributed by atoms with Crippen molar-refractivity contribution >= 4 is 24.8 Å². The Morgan fingerprint density at radius 1 is 1.35 bits per heavy atom. The largest absolute Gasteiger partial charge is 0.329 e. The molecular weight excluding hydrogens is 255 g/mol. The first kappa shape index (κ1) is 16.7. The molecule has 1 aliphatic rings. The van der Waals surface area contributed by atoms with E-state index in [-0.39, 0.29) is 24.8 Å². The summed E-state index contributed by atoms with van der Waals surface area (Å²) >= 11 is 0. The van der Waals surface area contributed by atoms with E-state index in [0.717, 1.165) is 13.1 Å². The average molecular weight is 277 g/mol. The van der Waals surface area contributed by atoms with Crippen LogP contribution in [0.3, 0.4) is 0 Å². The van der Waals surface area contributed by atoms with Crippen LogP contribution in [0.5, 0.6) is 0 Å². The van der Waals surface area contributed by atoms with Crippen LogP contribution in [0.25, 0.3) is 0 Å². The van der Waals surface area contributed by atoms with E-state index in [1.54, 1.807) is 0 Å². The van der Waals surface area contributed by atoms with E-state index in [9.17, 15) is 0 Å². The molecule has 98 valence electrons. The van der Waals surface area contributed by atoms with Gasteiger partial charge in [-0.25, -0.2) is 0 Å². The van der Waals surface area contributed by atoms with Crippen molar-refractivity contribution in [3.63, 3.8) is 0 Å². The summed E-state index contributed by atoms with van der Waals surface area (Å²) in [5, 5.41) is 0. The molecule has 1 aromatic carbocycles. The number of halogens is 2. The van der Waals surface area contributed by atoms with Gasteiger partial charge in [0, 0.05) is 19.1 Å². The van der Waals surface area contributed by atoms with Crippen LogP contribution < -0.4 is 5.73 Å². The van der Waals surface area contributed by atoms with Crippen LogP contribution in [0.1, 0.15) is 24.0 Å². The van der Waals surface area contributed by atoms with Crippen molar-refractivity contribution < 1.29 is 0 Å². The summed E-state index contributed by atoms with van der Waals surface area (Å²) in [6.07, 6.45) is 2.57. The highest BCUT2D eigenvalue weighted by molar-refractivity contribution is 5.85. The molecular formula is C13H22Cl2N2. The number of rotatable bonds is 3. The SMILES string of the molecule is Cc1cccc(CN2CCCC2CN)c1.Cl.Cl. The van der Waals surface area contributed by atoms with Gasteiger partial charge in [0.1, 0.15) is 0 Å². The molecule has 1 aromatic rings. The molecule has 17 heavy (non-hydrogen) atoms. The Kier molecular flexibility index (Phi) is 7.80. The summed E-state index contributed by atoms with van der Waals surface area (Å²) < 4.78 is 0. The monoisotopic (exact) mass is 276 g/mol. The van der Waals surface area contributed by atoms with Gasteiger partial charge in [0.05, 0.1) is 0 Å². The second-order valence-corrected chi connectivity index (χ2v) is 4.49. The summed E-state index contributed by atoms with van der Waals surface area (Å²) in [7, 11) is 0. The smallest absolute Gasteiger partial charge is 0.0237 e. The molecule has 0 saturated carbocycles. The van der Waals surface area contributed by atoms with Crippen molar-refractivity contribution in [2.24, 2.45) is 5.73 Å². The number of benzene rings is 1. The Hall–Kier alpha value is -0.280. The van der Waals surface area contributed by atoms with Crippen LogP contribution in [0, 0.1) is 6.92 Å². The molecule has 0 aliphatic carbocycles. The van der Waals surface area contributed by atoms with Gasteiger partial charge in [0.15, 0.2) is 0 Å². The fourth-order valence-corrected chi connectivity index (χ4v) is 2.42. The van der Waals surface area contributed by atoms with Gasteiger partial charge in [-0.3, -0.25) is 4.90 Å². The highest BCUT2D eigenvalue weighted by atomic mass is 35.5. The molecule has 0 spiro atoms. The van der Waals surface area contributed by atoms with Crippen LogP contribution in [0.4, 0.5) is 0 Å². The van der Waals surface area contributed by atoms with Crippen molar-refractivity contribution in [2.45, 2.75) is 32.4 Å². The van der Waals surface area contributed by atoms with E-state index in [0.29, 0.717) is 6.04 Å². The summed E-state index contributed by atoms with van der Waals surface area (Å²) in [6, 6.07) is 9.36. The second-order valence-electron chi connectivity index (χ2n) is 4.49. The van der Waals surface area contributed by atoms with Crippen LogP contribution in [-0.2, 0) is 6.54 Å². The minimum absolute atomic E-state index is 0. The number of aryl methyl sites for hydroxylation is 1. The van der Waals surface area contributed by atoms with E-state index in [4.69, 9.17) is 5.73 Å². The zero-order valence-electron chi connectivity index (χ0n) is 10.3. The quantitative estimate of drug-likeness (QED) is 0.920. The van der Waals surface area contributed by atoms with Crippen molar-refractivity contribution in [2.75, 3.05) is 13.1 Å². The predicted molar refractivity (Wildman–Crippen MR) is 78.2 cm³/mol. The Morgan fingerprint density at radius 3 is 2.76 bits per heavy atom. The van der Waals surface area contributed by atoms with Gasteiger partial charge in [-0.15, -0.1) is 24.8 Å². The molecule has 0 aromatic heterocycles. The lowest BCUT2D eigenvalue weighted by Gasteiger charge is -2.23. The topological polar surface area (TPSA) is 29.3 Å². The third-order valence-electron chi connectivity index (χ3n) is 3.24. The maximum atomic E-state index is 5.77. The van der Waals surface area contributed by atoms with E-state index in [1.807, 2.05) is 0 Å². The summed E-state index contributed by atoms with van der Waals surface area (Å²) in [4.78, 5) is 2.51. The van der Waals surface area contributed by atoms with Crippen LogP contribution in [0.15, 0.2) is 24.3 Å². The fourth-order valence-electron chi connectivity index (χ4n) is 2.42. The molecule has 1 heterocycles. The maximum absolute atomic E-state index is 5.77. The Morgan fingerprint density at radius 2 is 2.12 bits per heavy atom. The Labute approximate surface area is 116 Å². The molecule has 0 bridgehead atoms. The van der Waals surface area contributed by atoms with Gasteiger partial charge in [-0.2, -0.15) is 0 Å². The normalized spacial score (nSPS) is 19.5. The van der Waals surface area contributed by atoms with Gasteiger partial charge in [0.2, 0.25) is 0 Å². The highest BCUT2D eigenvalue weighted by Crippen LogP contribution is 2.19. The summed E-state index contributed by atoms with van der Waals surface area (Å²) in [5.74, 6) is 0. The van der Waals surface area contributed by atoms with Crippen molar-refractivity contribution in [3.8, 4) is 0 Å². The Bertz CT molecular complexity index is 331. The molecule has 2 N–H and O–H groups in total. The number of nitrogens with zero attached hydrogens (tertiary/aromatic N) is 1. The predicted octanol–water partition coefficient (Wildman–Crippen LogP) is 2.76. The van der Waals surface area contributed by atoms with Crippen LogP contribution >= 0.6 is 24.8 Å². The zero-order chi connectivity index (χ0) is 10.7. The first-order valence-corrected chi connectivity index (χ1v) is 5.79. The molecule has 1 atom stereocenters. The average Bonchev–Trinajstić information content (AvgIpc) is 2.65. The standard InChI is InChI=1S/C13H20N2.2ClH/c1-11-4-2-5-12(8-11)10-15-7-3-6-13(15)9-14;;/h2,4-5,8,13H,3,6-7,9-10,14H2,1H3;2*1H. The van der Waals surface area contributed by atoms with Gasteiger partial charge >= 0.3 is 0 Å². The number of nitrogens with two attached hydrogens (primary N) is 1. The van der Waals surface area contributed by atoms with E-state index in [2.05, 4.69) is 36.1 Å². The lowest BCUT2D eigenvalue weighted by atomic mass is 10.1. The van der Waals surface area contributed by atoms with E-state index >= 15 is 0 Å². The van der Waals surface area contributed by atoms with Gasteiger partial charge in [0.25, 0.3) is 0 Å². The third kappa shape index (κ3) is 4.47. The first-order chi connectivity index (χ1) is 7.29. The number of hydrogen-bond donors (Lipinski definition) is 1. The maximum Gasteiger partial charge on any atom is 0.0237 e. The first-order valence-electron chi connectivity index (χ1n) is 5.79. The molecule has 0 amide bonds. The zero-order valence-corrected chi connectivity index (χ0v) is 11.9. The third-order valence-corrected chi connectivity index (χ3v) is 3.24. The van der Waals surface area contributed by atoms with E-state index < -0.39 is 0 Å². The minimum atomic E-state index is 0. The lowest BCUT2D eigenvalue weighted by molar-refractivity contribution is 0.250. The van der Waals surface area contributed by atoms with Crippen molar-refractivity contribution in [1.82, 2.24) is 4.90 Å². The molecule has 1 saturated heterocycles. The van der Waals surface area contributed by atoms with Crippen LogP contribution in [-0.4, -0.2) is 24.0 Å². The lowest BCUT2D eigenvalue weighted by Crippen LogP contribution is -2.34. The fraction of sp³-hybridized carbons (Fsp3) is 0.538. The summed E-state index contributed by atoms with van der Waals surface area (Å²) in [5.41, 5.74) is 8.52. The molecule has 1 fully saturated rings. The Balaban J connectivity index is 0.00000128. The molecule has 4 heteroatoms. The van der Waals surface area contributed by atoms with Crippen molar-refractivity contribution in [1.29, 1.82) is 0 Å². The number of hydrogen-bond acceptors (Lipinski definition) is 2. The molecule has 0 radical (unpaired) electrons. The van der Waals surface area contributed by atoms with Crippen molar-refractivity contribution in [3.05, 3.63) is 35.4 Å². The molecule has 2 nitrogen and oxygen atoms in total. The molecule has 1 aliphatic heterocycles. The second kappa shape index (κ2) is 7.93. The summed E-state index contributed by atoms with van der Waals surface area (Å²) in [6.45, 7) is 5.21. The molecule has 2 rings (SSSR count). The number of likely N-dealkylation sites (tertiary alicyclic amines) is 1. The van der Waals surface area contributed by atoms with Gasteiger partial charge in [-0.05, 0) is 31.9 Å². The highest BCUT2D eigenvalue weighted by Gasteiger charge is 2.22. The van der Waals surface area contributed by atoms with Gasteiger partial charge in [-0.1, -0.05) is 29.8 Å². The van der Waals surface area contributed by atoms with E-state index in [1.165, 1.54) is 30.5 Å². The molecule has 1 unspecified atom stereocenters. The van der Waals surface area contributed by atoms with Gasteiger partial charge < -0.3 is 5.73 Å². The minimum Gasteiger partial charge on any atom is -0.329 e. The van der Waals surface area contributed by atoms with Crippen LogP contribution in [0.2, 0.25) is 0 Å².